The maximum absolute atomic E-state index is 12.5. The van der Waals surface area contributed by atoms with E-state index in [1.54, 1.807) is 0 Å². The second-order valence-electron chi connectivity index (χ2n) is 5.20. The molecule has 0 amide bonds. The van der Waals surface area contributed by atoms with Crippen molar-refractivity contribution in [1.82, 2.24) is 0 Å². The van der Waals surface area contributed by atoms with E-state index in [9.17, 15) is 4.57 Å². The van der Waals surface area contributed by atoms with E-state index in [1.807, 2.05) is 67.6 Å². The SMILES string of the molecule is CCC(=Cc1ccc(OCc2ccccc2)cc1)P(=O)(OC)OC. The molecule has 0 N–H and O–H groups in total. The molecule has 2 rings (SSSR count). The van der Waals surface area contributed by atoms with Gasteiger partial charge in [0.1, 0.15) is 12.4 Å². The van der Waals surface area contributed by atoms with Crippen molar-refractivity contribution in [3.05, 3.63) is 71.0 Å². The fourth-order valence-corrected chi connectivity index (χ4v) is 3.59. The van der Waals surface area contributed by atoms with Crippen LogP contribution < -0.4 is 4.74 Å². The Hall–Kier alpha value is -1.87. The van der Waals surface area contributed by atoms with Gasteiger partial charge in [0.2, 0.25) is 0 Å². The van der Waals surface area contributed by atoms with E-state index in [4.69, 9.17) is 13.8 Å². The van der Waals surface area contributed by atoms with Gasteiger partial charge in [-0.3, -0.25) is 4.57 Å². The molecule has 0 aliphatic heterocycles. The molecular weight excluding hydrogens is 323 g/mol. The monoisotopic (exact) mass is 346 g/mol. The summed E-state index contributed by atoms with van der Waals surface area (Å²) in [5.74, 6) is 0.788. The molecule has 128 valence electrons. The topological polar surface area (TPSA) is 44.8 Å². The van der Waals surface area contributed by atoms with Gasteiger partial charge in [0, 0.05) is 19.5 Å². The molecule has 0 spiro atoms. The van der Waals surface area contributed by atoms with Crippen LogP contribution >= 0.6 is 7.60 Å². The van der Waals surface area contributed by atoms with Crippen LogP contribution in [0, 0.1) is 0 Å². The molecule has 2 aromatic rings. The largest absolute Gasteiger partial charge is 0.489 e. The lowest BCUT2D eigenvalue weighted by Crippen LogP contribution is -1.95. The molecule has 0 atom stereocenters. The predicted molar refractivity (Wildman–Crippen MR) is 97.1 cm³/mol. The van der Waals surface area contributed by atoms with Crippen molar-refractivity contribution in [3.63, 3.8) is 0 Å². The second kappa shape index (κ2) is 8.84. The summed E-state index contributed by atoms with van der Waals surface area (Å²) in [7, 11) is -0.397. The summed E-state index contributed by atoms with van der Waals surface area (Å²) < 4.78 is 28.4. The lowest BCUT2D eigenvalue weighted by atomic mass is 10.2. The average Bonchev–Trinajstić information content (AvgIpc) is 2.65. The first-order valence-electron chi connectivity index (χ1n) is 7.80. The number of benzene rings is 2. The van der Waals surface area contributed by atoms with E-state index < -0.39 is 7.60 Å². The van der Waals surface area contributed by atoms with Crippen molar-refractivity contribution >= 4 is 13.7 Å². The molecule has 5 heteroatoms. The van der Waals surface area contributed by atoms with Gasteiger partial charge >= 0.3 is 7.60 Å². The van der Waals surface area contributed by atoms with Gasteiger partial charge in [0.15, 0.2) is 0 Å². The van der Waals surface area contributed by atoms with Crippen molar-refractivity contribution in [1.29, 1.82) is 0 Å². The van der Waals surface area contributed by atoms with E-state index in [0.29, 0.717) is 18.3 Å². The molecule has 0 unspecified atom stereocenters. The quantitative estimate of drug-likeness (QED) is 0.592. The minimum absolute atomic E-state index is 0.527. The average molecular weight is 346 g/mol. The van der Waals surface area contributed by atoms with Crippen LogP contribution in [-0.2, 0) is 20.2 Å². The van der Waals surface area contributed by atoms with Crippen LogP contribution in [0.3, 0.4) is 0 Å². The van der Waals surface area contributed by atoms with E-state index >= 15 is 0 Å². The third-order valence-electron chi connectivity index (χ3n) is 3.66. The van der Waals surface area contributed by atoms with Crippen LogP contribution in [0.15, 0.2) is 59.9 Å². The molecule has 0 aliphatic carbocycles. The summed E-state index contributed by atoms with van der Waals surface area (Å²) in [5.41, 5.74) is 2.05. The maximum Gasteiger partial charge on any atom is 0.356 e. The molecule has 0 saturated heterocycles. The van der Waals surface area contributed by atoms with Gasteiger partial charge in [-0.2, -0.15) is 0 Å². The van der Waals surface area contributed by atoms with E-state index in [1.165, 1.54) is 14.2 Å². The van der Waals surface area contributed by atoms with Crippen molar-refractivity contribution in [2.24, 2.45) is 0 Å². The fraction of sp³-hybridized carbons (Fsp3) is 0.263. The van der Waals surface area contributed by atoms with Gasteiger partial charge in [-0.25, -0.2) is 0 Å². The van der Waals surface area contributed by atoms with Crippen LogP contribution in [0.5, 0.6) is 5.75 Å². The molecular formula is C19H23O4P. The number of hydrogen-bond donors (Lipinski definition) is 0. The Bertz CT molecular complexity index is 700. The summed E-state index contributed by atoms with van der Waals surface area (Å²) in [6.07, 6.45) is 2.43. The number of ether oxygens (including phenoxy) is 1. The molecule has 0 bridgehead atoms. The van der Waals surface area contributed by atoms with E-state index in [0.717, 1.165) is 16.9 Å². The molecule has 0 heterocycles. The molecule has 4 nitrogen and oxygen atoms in total. The number of allylic oxidation sites excluding steroid dienone is 1. The van der Waals surface area contributed by atoms with Gasteiger partial charge in [-0.15, -0.1) is 0 Å². The smallest absolute Gasteiger partial charge is 0.356 e. The predicted octanol–water partition coefficient (Wildman–Crippen LogP) is 5.50. The normalized spacial score (nSPS) is 12.2. The van der Waals surface area contributed by atoms with Gasteiger partial charge in [-0.1, -0.05) is 49.4 Å². The zero-order valence-electron chi connectivity index (χ0n) is 14.3. The van der Waals surface area contributed by atoms with Crippen LogP contribution in [0.1, 0.15) is 24.5 Å². The molecule has 0 aromatic heterocycles. The zero-order chi connectivity index (χ0) is 17.4. The second-order valence-corrected chi connectivity index (χ2v) is 7.49. The Labute approximate surface area is 143 Å². The van der Waals surface area contributed by atoms with Crippen molar-refractivity contribution < 1.29 is 18.3 Å². The Morgan fingerprint density at radius 2 is 1.62 bits per heavy atom. The van der Waals surface area contributed by atoms with Crippen LogP contribution in [0.25, 0.3) is 6.08 Å². The van der Waals surface area contributed by atoms with Crippen molar-refractivity contribution in [2.75, 3.05) is 14.2 Å². The van der Waals surface area contributed by atoms with Crippen LogP contribution in [-0.4, -0.2) is 14.2 Å². The number of rotatable bonds is 8. The highest BCUT2D eigenvalue weighted by molar-refractivity contribution is 7.58. The summed E-state index contributed by atoms with van der Waals surface area (Å²) in [6.45, 7) is 2.45. The first-order valence-corrected chi connectivity index (χ1v) is 9.35. The molecule has 2 aromatic carbocycles. The third-order valence-corrected chi connectivity index (χ3v) is 5.77. The Morgan fingerprint density at radius 1 is 1.00 bits per heavy atom. The van der Waals surface area contributed by atoms with Gasteiger partial charge in [-0.05, 0) is 35.8 Å². The number of hydrogen-bond acceptors (Lipinski definition) is 4. The van der Waals surface area contributed by atoms with Crippen LogP contribution in [0.2, 0.25) is 0 Å². The van der Waals surface area contributed by atoms with Gasteiger partial charge < -0.3 is 13.8 Å². The molecule has 0 radical (unpaired) electrons. The van der Waals surface area contributed by atoms with Crippen molar-refractivity contribution in [2.45, 2.75) is 20.0 Å². The summed E-state index contributed by atoms with van der Waals surface area (Å²) in [6, 6.07) is 17.6. The Balaban J connectivity index is 2.08. The standard InChI is InChI=1S/C19H23O4P/c1-4-19(24(20,21-2)22-3)14-16-10-12-18(13-11-16)23-15-17-8-6-5-7-9-17/h5-14H,4,15H2,1-3H3. The highest BCUT2D eigenvalue weighted by Crippen LogP contribution is 2.56. The van der Waals surface area contributed by atoms with E-state index in [2.05, 4.69) is 0 Å². The fourth-order valence-electron chi connectivity index (χ4n) is 2.28. The van der Waals surface area contributed by atoms with E-state index in [-0.39, 0.29) is 0 Å². The lowest BCUT2D eigenvalue weighted by Gasteiger charge is -2.16. The Morgan fingerprint density at radius 3 is 2.17 bits per heavy atom. The third kappa shape index (κ3) is 4.81. The molecule has 0 saturated carbocycles. The Kier molecular flexibility index (Phi) is 6.80. The summed E-state index contributed by atoms with van der Waals surface area (Å²) >= 11 is 0. The van der Waals surface area contributed by atoms with Gasteiger partial charge in [0.05, 0.1) is 0 Å². The molecule has 24 heavy (non-hydrogen) atoms. The minimum Gasteiger partial charge on any atom is -0.489 e. The van der Waals surface area contributed by atoms with Crippen LogP contribution in [0.4, 0.5) is 0 Å². The summed E-state index contributed by atoms with van der Waals surface area (Å²) in [4.78, 5) is 0. The first-order chi connectivity index (χ1) is 11.6. The lowest BCUT2D eigenvalue weighted by molar-refractivity contribution is 0.282. The van der Waals surface area contributed by atoms with Gasteiger partial charge in [0.25, 0.3) is 0 Å². The highest BCUT2D eigenvalue weighted by atomic mass is 31.2. The maximum atomic E-state index is 12.5. The van der Waals surface area contributed by atoms with Crippen molar-refractivity contribution in [3.8, 4) is 5.75 Å². The molecule has 0 aliphatic rings. The summed E-state index contributed by atoms with van der Waals surface area (Å²) in [5, 5.41) is 0.644. The first kappa shape index (κ1) is 18.5. The zero-order valence-corrected chi connectivity index (χ0v) is 15.2. The highest BCUT2D eigenvalue weighted by Gasteiger charge is 2.25. The molecule has 0 fully saturated rings. The minimum atomic E-state index is -3.19.